The minimum absolute atomic E-state index is 0.0498. The molecule has 1 saturated heterocycles. The van der Waals surface area contributed by atoms with Crippen LogP contribution in [0, 0.1) is 21.8 Å². The summed E-state index contributed by atoms with van der Waals surface area (Å²) in [4.78, 5) is 23.3. The van der Waals surface area contributed by atoms with Crippen LogP contribution in [-0.4, -0.2) is 36.7 Å². The number of para-hydroxylation sites is 1. The third-order valence-corrected chi connectivity index (χ3v) is 6.91. The molecule has 0 bridgehead atoms. The minimum Gasteiger partial charge on any atom is -0.457 e. The van der Waals surface area contributed by atoms with Gasteiger partial charge in [-0.1, -0.05) is 12.1 Å². The molecule has 0 radical (unpaired) electrons. The van der Waals surface area contributed by atoms with Gasteiger partial charge in [0, 0.05) is 19.2 Å². The zero-order chi connectivity index (χ0) is 21.9. The van der Waals surface area contributed by atoms with Crippen LogP contribution < -0.4 is 0 Å². The molecular weight excluding hydrogens is 415 g/mol. The van der Waals surface area contributed by atoms with E-state index < -0.39 is 38.8 Å². The number of nitrogens with zero attached hydrogens (tertiary/aromatic N) is 2. The summed E-state index contributed by atoms with van der Waals surface area (Å²) in [7, 11) is -3.87. The molecule has 0 spiro atoms. The summed E-state index contributed by atoms with van der Waals surface area (Å²) in [6, 6.07) is 10.5. The van der Waals surface area contributed by atoms with Crippen molar-refractivity contribution in [1.82, 2.24) is 4.31 Å². The Balaban J connectivity index is 1.71. The Morgan fingerprint density at radius 3 is 2.57 bits per heavy atom. The van der Waals surface area contributed by atoms with Crippen molar-refractivity contribution in [1.29, 1.82) is 0 Å². The van der Waals surface area contributed by atoms with Crippen LogP contribution in [0.4, 0.5) is 10.1 Å². The molecule has 3 rings (SSSR count). The van der Waals surface area contributed by atoms with E-state index in [4.69, 9.17) is 4.74 Å². The van der Waals surface area contributed by atoms with Crippen LogP contribution in [0.3, 0.4) is 0 Å². The number of nitro groups is 1. The van der Waals surface area contributed by atoms with Crippen molar-refractivity contribution in [3.05, 3.63) is 70.0 Å². The standard InChI is InChI=1S/C20H21FN2O6S/c1-14(18-6-2-3-7-19(18)23(25)26)29-20(24)15-5-4-12-22(13-15)30(27,28)17-10-8-16(21)9-11-17/h2-3,6-11,14-15H,4-5,12-13H2,1H3. The van der Waals surface area contributed by atoms with Gasteiger partial charge in [0.25, 0.3) is 5.69 Å². The summed E-state index contributed by atoms with van der Waals surface area (Å²) >= 11 is 0. The van der Waals surface area contributed by atoms with Crippen molar-refractivity contribution in [2.45, 2.75) is 30.8 Å². The number of ether oxygens (including phenoxy) is 1. The molecule has 10 heteroatoms. The maximum absolute atomic E-state index is 13.1. The van der Waals surface area contributed by atoms with E-state index in [-0.39, 0.29) is 29.2 Å². The summed E-state index contributed by atoms with van der Waals surface area (Å²) in [6.45, 7) is 1.71. The molecule has 0 aliphatic carbocycles. The number of piperidine rings is 1. The predicted molar refractivity (Wildman–Crippen MR) is 105 cm³/mol. The van der Waals surface area contributed by atoms with Crippen LogP contribution in [-0.2, 0) is 19.6 Å². The molecule has 1 aliphatic heterocycles. The Labute approximate surface area is 173 Å². The van der Waals surface area contributed by atoms with Crippen molar-refractivity contribution < 1.29 is 27.3 Å². The van der Waals surface area contributed by atoms with E-state index in [1.54, 1.807) is 6.07 Å². The number of nitro benzene ring substituents is 1. The molecule has 2 unspecified atom stereocenters. The lowest BCUT2D eigenvalue weighted by Gasteiger charge is -2.31. The topological polar surface area (TPSA) is 107 Å². The lowest BCUT2D eigenvalue weighted by atomic mass is 9.99. The van der Waals surface area contributed by atoms with Crippen molar-refractivity contribution >= 4 is 21.7 Å². The zero-order valence-electron chi connectivity index (χ0n) is 16.2. The number of sulfonamides is 1. The molecule has 1 fully saturated rings. The van der Waals surface area contributed by atoms with Gasteiger partial charge >= 0.3 is 5.97 Å². The second-order valence-corrected chi connectivity index (χ2v) is 8.99. The van der Waals surface area contributed by atoms with E-state index in [9.17, 15) is 27.7 Å². The highest BCUT2D eigenvalue weighted by Crippen LogP contribution is 2.30. The molecule has 30 heavy (non-hydrogen) atoms. The number of carbonyl (C=O) groups excluding carboxylic acids is 1. The molecule has 160 valence electrons. The van der Waals surface area contributed by atoms with Crippen molar-refractivity contribution in [3.8, 4) is 0 Å². The molecule has 8 nitrogen and oxygen atoms in total. The van der Waals surface area contributed by atoms with Crippen LogP contribution in [0.25, 0.3) is 0 Å². The van der Waals surface area contributed by atoms with Gasteiger partial charge in [-0.3, -0.25) is 14.9 Å². The van der Waals surface area contributed by atoms with Gasteiger partial charge < -0.3 is 4.74 Å². The summed E-state index contributed by atoms with van der Waals surface area (Å²) in [5.74, 6) is -1.85. The lowest BCUT2D eigenvalue weighted by molar-refractivity contribution is -0.386. The smallest absolute Gasteiger partial charge is 0.310 e. The molecule has 1 heterocycles. The fraction of sp³-hybridized carbons (Fsp3) is 0.350. The van der Waals surface area contributed by atoms with Crippen LogP contribution in [0.1, 0.15) is 31.4 Å². The van der Waals surface area contributed by atoms with Gasteiger partial charge in [0.2, 0.25) is 10.0 Å². The van der Waals surface area contributed by atoms with Gasteiger partial charge in [-0.05, 0) is 50.1 Å². The molecule has 2 aromatic carbocycles. The summed E-state index contributed by atoms with van der Waals surface area (Å²) in [6.07, 6.45) is 0.0426. The maximum atomic E-state index is 13.1. The Kier molecular flexibility index (Phi) is 6.47. The number of hydrogen-bond donors (Lipinski definition) is 0. The summed E-state index contributed by atoms with van der Waals surface area (Å²) < 4.78 is 45.3. The summed E-state index contributed by atoms with van der Waals surface area (Å²) in [5, 5.41) is 11.2. The van der Waals surface area contributed by atoms with Crippen LogP contribution in [0.15, 0.2) is 53.4 Å². The second-order valence-electron chi connectivity index (χ2n) is 7.05. The molecule has 1 aliphatic rings. The molecule has 2 aromatic rings. The van der Waals surface area contributed by atoms with Gasteiger partial charge in [0.05, 0.1) is 21.3 Å². The number of hydrogen-bond acceptors (Lipinski definition) is 6. The second kappa shape index (κ2) is 8.88. The molecule has 2 atom stereocenters. The SMILES string of the molecule is CC(OC(=O)C1CCCN(S(=O)(=O)c2ccc(F)cc2)C1)c1ccccc1[N+](=O)[O-]. The maximum Gasteiger partial charge on any atom is 0.310 e. The fourth-order valence-electron chi connectivity index (χ4n) is 3.44. The number of halogens is 1. The predicted octanol–water partition coefficient (Wildman–Crippen LogP) is 3.44. The average molecular weight is 436 g/mol. The van der Waals surface area contributed by atoms with Crippen molar-refractivity contribution in [2.24, 2.45) is 5.92 Å². The quantitative estimate of drug-likeness (QED) is 0.390. The van der Waals surface area contributed by atoms with Gasteiger partial charge in [-0.15, -0.1) is 0 Å². The van der Waals surface area contributed by atoms with E-state index in [0.29, 0.717) is 12.8 Å². The Bertz CT molecular complexity index is 1040. The van der Waals surface area contributed by atoms with Crippen LogP contribution >= 0.6 is 0 Å². The Hall–Kier alpha value is -2.85. The fourth-order valence-corrected chi connectivity index (χ4v) is 4.96. The number of carbonyl (C=O) groups is 1. The highest BCUT2D eigenvalue weighted by Gasteiger charge is 2.35. The molecule has 0 saturated carbocycles. The number of esters is 1. The third-order valence-electron chi connectivity index (χ3n) is 5.03. The Morgan fingerprint density at radius 1 is 1.23 bits per heavy atom. The highest BCUT2D eigenvalue weighted by molar-refractivity contribution is 7.89. The minimum atomic E-state index is -3.87. The van der Waals surface area contributed by atoms with E-state index in [2.05, 4.69) is 0 Å². The first-order valence-corrected chi connectivity index (χ1v) is 10.8. The molecular formula is C20H21FN2O6S. The zero-order valence-corrected chi connectivity index (χ0v) is 17.0. The largest absolute Gasteiger partial charge is 0.457 e. The monoisotopic (exact) mass is 436 g/mol. The van der Waals surface area contributed by atoms with Crippen molar-refractivity contribution in [3.63, 3.8) is 0 Å². The third kappa shape index (κ3) is 4.65. The van der Waals surface area contributed by atoms with Crippen LogP contribution in [0.2, 0.25) is 0 Å². The number of rotatable bonds is 6. The van der Waals surface area contributed by atoms with Gasteiger partial charge in [0.15, 0.2) is 0 Å². The average Bonchev–Trinajstić information content (AvgIpc) is 2.74. The highest BCUT2D eigenvalue weighted by atomic mass is 32.2. The van der Waals surface area contributed by atoms with E-state index >= 15 is 0 Å². The van der Waals surface area contributed by atoms with Gasteiger partial charge in [0.1, 0.15) is 11.9 Å². The van der Waals surface area contributed by atoms with E-state index in [1.165, 1.54) is 41.6 Å². The van der Waals surface area contributed by atoms with E-state index in [0.717, 1.165) is 12.1 Å². The Morgan fingerprint density at radius 2 is 1.90 bits per heavy atom. The number of benzene rings is 2. The van der Waals surface area contributed by atoms with Crippen molar-refractivity contribution in [2.75, 3.05) is 13.1 Å². The molecule has 0 amide bonds. The van der Waals surface area contributed by atoms with E-state index in [1.807, 2.05) is 0 Å². The van der Waals surface area contributed by atoms with Gasteiger partial charge in [-0.25, -0.2) is 12.8 Å². The normalized spacial score (nSPS) is 18.5. The first-order valence-electron chi connectivity index (χ1n) is 9.39. The van der Waals surface area contributed by atoms with Crippen LogP contribution in [0.5, 0.6) is 0 Å². The lowest BCUT2D eigenvalue weighted by Crippen LogP contribution is -2.42. The summed E-state index contributed by atoms with van der Waals surface area (Å²) in [5.41, 5.74) is 0.115. The molecule has 0 aromatic heterocycles. The van der Waals surface area contributed by atoms with Gasteiger partial charge in [-0.2, -0.15) is 4.31 Å². The first kappa shape index (κ1) is 21.8. The molecule has 0 N–H and O–H groups in total. The first-order chi connectivity index (χ1) is 14.2.